The van der Waals surface area contributed by atoms with Crippen LogP contribution >= 0.6 is 11.8 Å². The predicted molar refractivity (Wildman–Crippen MR) is 100 cm³/mol. The van der Waals surface area contributed by atoms with Crippen LogP contribution in [0.3, 0.4) is 0 Å². The van der Waals surface area contributed by atoms with Gasteiger partial charge in [-0.2, -0.15) is 9.30 Å². The molecule has 0 bridgehead atoms. The zero-order chi connectivity index (χ0) is 17.5. The summed E-state index contributed by atoms with van der Waals surface area (Å²) in [4.78, 5) is 13.4. The molecule has 5 rings (SSSR count). The zero-order valence-electron chi connectivity index (χ0n) is 13.4. The summed E-state index contributed by atoms with van der Waals surface area (Å²) < 4.78 is 3.18. The van der Waals surface area contributed by atoms with Crippen LogP contribution in [0.25, 0.3) is 27.7 Å². The highest BCUT2D eigenvalue weighted by Crippen LogP contribution is 2.27. The summed E-state index contributed by atoms with van der Waals surface area (Å²) in [7, 11) is 0. The molecule has 0 unspecified atom stereocenters. The fraction of sp³-hybridized carbons (Fsp3) is 0. The van der Waals surface area contributed by atoms with Crippen molar-refractivity contribution in [3.8, 4) is 11.3 Å². The van der Waals surface area contributed by atoms with Gasteiger partial charge in [0.25, 0.3) is 0 Å². The van der Waals surface area contributed by atoms with Crippen LogP contribution in [0.15, 0.2) is 67.5 Å². The van der Waals surface area contributed by atoms with Crippen molar-refractivity contribution >= 4 is 39.8 Å². The second-order valence-electron chi connectivity index (χ2n) is 5.74. The van der Waals surface area contributed by atoms with Gasteiger partial charge in [-0.3, -0.25) is 4.40 Å². The van der Waals surface area contributed by atoms with E-state index in [0.29, 0.717) is 11.5 Å². The number of anilines is 2. The molecule has 0 aliphatic heterocycles. The number of benzene rings is 1. The van der Waals surface area contributed by atoms with Crippen molar-refractivity contribution in [3.05, 3.63) is 67.5 Å². The van der Waals surface area contributed by atoms with Crippen molar-refractivity contribution < 1.29 is 0 Å². The molecule has 1 N–H and O–H groups in total. The first-order valence-electron chi connectivity index (χ1n) is 7.93. The number of halogens is 1. The summed E-state index contributed by atoms with van der Waals surface area (Å²) in [5, 5.41) is 9.44. The van der Waals surface area contributed by atoms with Crippen molar-refractivity contribution in [2.24, 2.45) is 0 Å². The van der Waals surface area contributed by atoms with E-state index in [-0.39, 0.29) is 0 Å². The van der Waals surface area contributed by atoms with Crippen LogP contribution in [0.1, 0.15) is 0 Å². The molecule has 4 heterocycles. The van der Waals surface area contributed by atoms with E-state index in [9.17, 15) is 0 Å². The minimum Gasteiger partial charge on any atom is -0.321 e. The molecule has 126 valence electrons. The topological polar surface area (TPSA) is 72.9 Å². The maximum atomic E-state index is 5.87. The van der Waals surface area contributed by atoms with Gasteiger partial charge in [-0.15, -0.1) is 0 Å². The van der Waals surface area contributed by atoms with Crippen LogP contribution < -0.4 is 5.32 Å². The predicted octanol–water partition coefficient (Wildman–Crippen LogP) is 3.89. The number of rotatable bonds is 3. The summed E-state index contributed by atoms with van der Waals surface area (Å²) >= 11 is 5.87. The summed E-state index contributed by atoms with van der Waals surface area (Å²) in [6.45, 7) is 0. The fourth-order valence-corrected chi connectivity index (χ4v) is 3.13. The van der Waals surface area contributed by atoms with Crippen LogP contribution in [-0.4, -0.2) is 28.7 Å². The number of pyridine rings is 1. The molecule has 0 aliphatic carbocycles. The quantitative estimate of drug-likeness (QED) is 0.528. The SMILES string of the molecule is Cln1cc(-c2cnc3c(Nc4nccc5ccccc45)nccn23)cn1. The minimum atomic E-state index is 0.626. The summed E-state index contributed by atoms with van der Waals surface area (Å²) in [6.07, 6.45) is 10.5. The Kier molecular flexibility index (Phi) is 3.32. The number of imidazole rings is 1. The third-order valence-corrected chi connectivity index (χ3v) is 4.37. The van der Waals surface area contributed by atoms with Crippen LogP contribution in [0.4, 0.5) is 11.6 Å². The lowest BCUT2D eigenvalue weighted by atomic mass is 10.1. The highest BCUT2D eigenvalue weighted by atomic mass is 35.5. The van der Waals surface area contributed by atoms with Gasteiger partial charge in [0.15, 0.2) is 11.5 Å². The number of hydrogen-bond acceptors (Lipinski definition) is 5. The van der Waals surface area contributed by atoms with Gasteiger partial charge in [0.05, 0.1) is 24.3 Å². The third kappa shape index (κ3) is 2.37. The van der Waals surface area contributed by atoms with Gasteiger partial charge in [-0.05, 0) is 11.5 Å². The molecular weight excluding hydrogens is 350 g/mol. The first-order valence-corrected chi connectivity index (χ1v) is 8.27. The molecule has 7 nitrogen and oxygen atoms in total. The Labute approximate surface area is 153 Å². The Bertz CT molecular complexity index is 1240. The van der Waals surface area contributed by atoms with Crippen molar-refractivity contribution in [2.45, 2.75) is 0 Å². The Hall–Kier alpha value is -3.45. The molecule has 0 fully saturated rings. The lowest BCUT2D eigenvalue weighted by Gasteiger charge is -2.09. The lowest BCUT2D eigenvalue weighted by Crippen LogP contribution is -2.00. The molecule has 4 aromatic heterocycles. The maximum Gasteiger partial charge on any atom is 0.180 e. The second kappa shape index (κ2) is 5.82. The van der Waals surface area contributed by atoms with Crippen LogP contribution in [0.5, 0.6) is 0 Å². The molecule has 0 saturated heterocycles. The highest BCUT2D eigenvalue weighted by Gasteiger charge is 2.13. The normalized spacial score (nSPS) is 11.3. The molecule has 5 aromatic rings. The number of nitrogens with one attached hydrogen (secondary N) is 1. The molecule has 0 atom stereocenters. The van der Waals surface area contributed by atoms with E-state index in [2.05, 4.69) is 25.4 Å². The standard InChI is InChI=1S/C18H12ClN7/c19-26-11-13(9-23-26)15-10-22-18-17(21-7-8-25(15)18)24-16-14-4-2-1-3-12(14)5-6-20-16/h1-11H,(H,20,21,24). The summed E-state index contributed by atoms with van der Waals surface area (Å²) in [5.74, 6) is 1.36. The molecule has 0 spiro atoms. The molecule has 0 radical (unpaired) electrons. The van der Waals surface area contributed by atoms with Gasteiger partial charge in [0, 0.05) is 41.3 Å². The van der Waals surface area contributed by atoms with Crippen LogP contribution in [0, 0.1) is 0 Å². The third-order valence-electron chi connectivity index (χ3n) is 4.19. The molecule has 26 heavy (non-hydrogen) atoms. The van der Waals surface area contributed by atoms with Gasteiger partial charge in [0.1, 0.15) is 5.82 Å². The van der Waals surface area contributed by atoms with E-state index in [1.54, 1.807) is 31.0 Å². The van der Waals surface area contributed by atoms with E-state index in [1.165, 1.54) is 4.20 Å². The van der Waals surface area contributed by atoms with Crippen molar-refractivity contribution in [2.75, 3.05) is 5.32 Å². The summed E-state index contributed by atoms with van der Waals surface area (Å²) in [6, 6.07) is 10.0. The Morgan fingerprint density at radius 2 is 1.81 bits per heavy atom. The Balaban J connectivity index is 1.62. The lowest BCUT2D eigenvalue weighted by molar-refractivity contribution is 0.994. The van der Waals surface area contributed by atoms with E-state index < -0.39 is 0 Å². The average molecular weight is 362 g/mol. The number of fused-ring (bicyclic) bond motifs is 2. The first kappa shape index (κ1) is 14.9. The molecule has 0 saturated carbocycles. The van der Waals surface area contributed by atoms with Gasteiger partial charge >= 0.3 is 0 Å². The van der Waals surface area contributed by atoms with Crippen molar-refractivity contribution in [3.63, 3.8) is 0 Å². The molecule has 1 aromatic carbocycles. The van der Waals surface area contributed by atoms with Gasteiger partial charge in [-0.1, -0.05) is 24.3 Å². The number of hydrogen-bond donors (Lipinski definition) is 1. The van der Waals surface area contributed by atoms with Gasteiger partial charge in [0.2, 0.25) is 0 Å². The van der Waals surface area contributed by atoms with E-state index >= 15 is 0 Å². The zero-order valence-corrected chi connectivity index (χ0v) is 14.2. The van der Waals surface area contributed by atoms with Crippen molar-refractivity contribution in [1.29, 1.82) is 0 Å². The van der Waals surface area contributed by atoms with E-state index in [0.717, 1.165) is 27.8 Å². The van der Waals surface area contributed by atoms with Gasteiger partial charge in [-0.25, -0.2) is 15.0 Å². The van der Waals surface area contributed by atoms with Crippen molar-refractivity contribution in [1.82, 2.24) is 28.7 Å². The Morgan fingerprint density at radius 3 is 2.69 bits per heavy atom. The fourth-order valence-electron chi connectivity index (χ4n) is 2.98. The number of aromatic nitrogens is 6. The average Bonchev–Trinajstić information content (AvgIpc) is 3.28. The largest absolute Gasteiger partial charge is 0.321 e. The van der Waals surface area contributed by atoms with Crippen LogP contribution in [-0.2, 0) is 0 Å². The van der Waals surface area contributed by atoms with E-state index in [4.69, 9.17) is 11.8 Å². The minimum absolute atomic E-state index is 0.626. The first-order chi connectivity index (χ1) is 12.8. The maximum absolute atomic E-state index is 5.87. The smallest absolute Gasteiger partial charge is 0.180 e. The molecule has 0 aliphatic rings. The second-order valence-corrected chi connectivity index (χ2v) is 6.08. The highest BCUT2D eigenvalue weighted by molar-refractivity contribution is 6.14. The summed E-state index contributed by atoms with van der Waals surface area (Å²) in [5.41, 5.74) is 2.44. The van der Waals surface area contributed by atoms with Crippen LogP contribution in [0.2, 0.25) is 0 Å². The molecular formula is C18H12ClN7. The van der Waals surface area contributed by atoms with Gasteiger partial charge < -0.3 is 5.32 Å². The molecule has 8 heteroatoms. The van der Waals surface area contributed by atoms with E-state index in [1.807, 2.05) is 40.9 Å². The number of nitrogens with zero attached hydrogens (tertiary/aromatic N) is 6. The molecule has 0 amide bonds. The Morgan fingerprint density at radius 1 is 0.923 bits per heavy atom. The monoisotopic (exact) mass is 361 g/mol.